The highest BCUT2D eigenvalue weighted by molar-refractivity contribution is 5.96. The number of carbonyl (C=O) groups excluding carboxylic acids is 3. The number of cyclic esters (lactones) is 1. The van der Waals surface area contributed by atoms with E-state index in [1.807, 2.05) is 0 Å². The zero-order valence-electron chi connectivity index (χ0n) is 10.7. The molecule has 1 aliphatic rings. The first-order chi connectivity index (χ1) is 9.99. The molecule has 0 radical (unpaired) electrons. The molecular formula is C12H10N2O7. The summed E-state index contributed by atoms with van der Waals surface area (Å²) in [5.74, 6) is -1.50. The summed E-state index contributed by atoms with van der Waals surface area (Å²) in [6.07, 6.45) is -0.772. The van der Waals surface area contributed by atoms with Crippen molar-refractivity contribution in [3.63, 3.8) is 0 Å². The number of carbonyl (C=O) groups is 3. The van der Waals surface area contributed by atoms with Crippen LogP contribution in [0.3, 0.4) is 0 Å². The highest BCUT2D eigenvalue weighted by atomic mass is 16.6. The maximum absolute atomic E-state index is 11.6. The summed E-state index contributed by atoms with van der Waals surface area (Å²) < 4.78 is 9.32. The molecule has 9 heteroatoms. The fourth-order valence-electron chi connectivity index (χ4n) is 1.63. The molecule has 0 atom stereocenters. The predicted octanol–water partition coefficient (Wildman–Crippen LogP) is 0.730. The molecule has 2 rings (SSSR count). The Morgan fingerprint density at radius 1 is 1.33 bits per heavy atom. The van der Waals surface area contributed by atoms with Gasteiger partial charge in [0, 0.05) is 12.1 Å². The minimum absolute atomic E-state index is 0.0670. The van der Waals surface area contributed by atoms with Crippen molar-refractivity contribution in [3.8, 4) is 0 Å². The number of nitro benzene ring substituents is 1. The smallest absolute Gasteiger partial charge is 0.416 e. The molecule has 1 fully saturated rings. The molecule has 1 heterocycles. The predicted molar refractivity (Wildman–Crippen MR) is 66.4 cm³/mol. The topological polar surface area (TPSA) is 116 Å². The van der Waals surface area contributed by atoms with E-state index in [4.69, 9.17) is 4.74 Å². The quantitative estimate of drug-likeness (QED) is 0.456. The average Bonchev–Trinajstić information content (AvgIpc) is 2.90. The molecule has 1 saturated heterocycles. The van der Waals surface area contributed by atoms with Crippen molar-refractivity contribution in [1.29, 1.82) is 0 Å². The number of amides is 2. The van der Waals surface area contributed by atoms with Crippen molar-refractivity contribution >= 4 is 23.7 Å². The Labute approximate surface area is 118 Å². The number of ether oxygens (including phenoxy) is 2. The maximum atomic E-state index is 11.6. The van der Waals surface area contributed by atoms with Crippen molar-refractivity contribution in [2.45, 2.75) is 0 Å². The molecule has 0 unspecified atom stereocenters. The van der Waals surface area contributed by atoms with E-state index in [1.165, 1.54) is 12.1 Å². The van der Waals surface area contributed by atoms with Crippen molar-refractivity contribution in [2.24, 2.45) is 0 Å². The zero-order valence-corrected chi connectivity index (χ0v) is 10.7. The molecule has 1 aliphatic heterocycles. The lowest BCUT2D eigenvalue weighted by atomic mass is 10.2. The number of rotatable bonds is 4. The molecule has 0 N–H and O–H groups in total. The Bertz CT molecular complexity index is 596. The van der Waals surface area contributed by atoms with Gasteiger partial charge in [-0.15, -0.1) is 0 Å². The SMILES string of the molecule is O=C(OCC(=O)N1CCOC1=O)c1ccc([N+](=O)[O-])cc1. The standard InChI is InChI=1S/C12H10N2O7/c15-10(13-5-6-20-12(13)17)7-21-11(16)8-1-3-9(4-2-8)14(18)19/h1-4H,5-7H2. The Morgan fingerprint density at radius 3 is 2.52 bits per heavy atom. The van der Waals surface area contributed by atoms with Gasteiger partial charge < -0.3 is 9.47 Å². The van der Waals surface area contributed by atoms with Gasteiger partial charge >= 0.3 is 12.1 Å². The van der Waals surface area contributed by atoms with Crippen molar-refractivity contribution in [2.75, 3.05) is 19.8 Å². The van der Waals surface area contributed by atoms with Crippen LogP contribution < -0.4 is 0 Å². The molecular weight excluding hydrogens is 284 g/mol. The lowest BCUT2D eigenvalue weighted by molar-refractivity contribution is -0.384. The Kier molecular flexibility index (Phi) is 4.12. The van der Waals surface area contributed by atoms with Gasteiger partial charge in [0.15, 0.2) is 6.61 Å². The van der Waals surface area contributed by atoms with Gasteiger partial charge in [-0.05, 0) is 12.1 Å². The number of nitrogens with zero attached hydrogens (tertiary/aromatic N) is 2. The second-order valence-corrected chi connectivity index (χ2v) is 4.04. The molecule has 9 nitrogen and oxygen atoms in total. The number of non-ortho nitro benzene ring substituents is 1. The minimum Gasteiger partial charge on any atom is -0.452 e. The van der Waals surface area contributed by atoms with Crippen LogP contribution in [0.15, 0.2) is 24.3 Å². The van der Waals surface area contributed by atoms with Crippen LogP contribution in [-0.2, 0) is 14.3 Å². The maximum Gasteiger partial charge on any atom is 0.416 e. The first-order valence-corrected chi connectivity index (χ1v) is 5.88. The van der Waals surface area contributed by atoms with Gasteiger partial charge in [-0.2, -0.15) is 0 Å². The van der Waals surface area contributed by atoms with Crippen LogP contribution in [0, 0.1) is 10.1 Å². The van der Waals surface area contributed by atoms with Gasteiger partial charge in [-0.3, -0.25) is 14.9 Å². The van der Waals surface area contributed by atoms with Crippen LogP contribution in [0.4, 0.5) is 10.5 Å². The molecule has 21 heavy (non-hydrogen) atoms. The first kappa shape index (κ1) is 14.4. The molecule has 2 amide bonds. The average molecular weight is 294 g/mol. The molecule has 0 bridgehead atoms. The van der Waals surface area contributed by atoms with Crippen LogP contribution in [-0.4, -0.2) is 47.6 Å². The lowest BCUT2D eigenvalue weighted by Crippen LogP contribution is -2.35. The minimum atomic E-state index is -0.814. The summed E-state index contributed by atoms with van der Waals surface area (Å²) in [6.45, 7) is -0.376. The third-order valence-electron chi connectivity index (χ3n) is 2.70. The van der Waals surface area contributed by atoms with Crippen LogP contribution in [0.5, 0.6) is 0 Å². The fraction of sp³-hybridized carbons (Fsp3) is 0.250. The van der Waals surface area contributed by atoms with Gasteiger partial charge in [-0.25, -0.2) is 14.5 Å². The second-order valence-electron chi connectivity index (χ2n) is 4.04. The number of hydrogen-bond acceptors (Lipinski definition) is 7. The number of esters is 1. The van der Waals surface area contributed by atoms with E-state index >= 15 is 0 Å². The normalized spacial score (nSPS) is 13.7. The molecule has 1 aromatic rings. The van der Waals surface area contributed by atoms with E-state index in [2.05, 4.69) is 4.74 Å². The molecule has 0 aliphatic carbocycles. The van der Waals surface area contributed by atoms with Crippen LogP contribution in [0.25, 0.3) is 0 Å². The fourth-order valence-corrected chi connectivity index (χ4v) is 1.63. The zero-order chi connectivity index (χ0) is 15.4. The molecule has 0 saturated carbocycles. The molecule has 110 valence electrons. The van der Waals surface area contributed by atoms with Gasteiger partial charge in [0.25, 0.3) is 11.6 Å². The van der Waals surface area contributed by atoms with E-state index in [0.29, 0.717) is 0 Å². The highest BCUT2D eigenvalue weighted by Crippen LogP contribution is 2.13. The number of hydrogen-bond donors (Lipinski definition) is 0. The van der Waals surface area contributed by atoms with Crippen LogP contribution in [0.1, 0.15) is 10.4 Å². The number of nitro groups is 1. The second kappa shape index (κ2) is 5.99. The summed E-state index contributed by atoms with van der Waals surface area (Å²) in [7, 11) is 0. The largest absolute Gasteiger partial charge is 0.452 e. The van der Waals surface area contributed by atoms with E-state index in [9.17, 15) is 24.5 Å². The number of benzene rings is 1. The highest BCUT2D eigenvalue weighted by Gasteiger charge is 2.29. The summed E-state index contributed by atoms with van der Waals surface area (Å²) in [5, 5.41) is 10.5. The Hall–Kier alpha value is -2.97. The van der Waals surface area contributed by atoms with E-state index in [-0.39, 0.29) is 24.4 Å². The summed E-state index contributed by atoms with van der Waals surface area (Å²) >= 11 is 0. The molecule has 0 aromatic heterocycles. The van der Waals surface area contributed by atoms with Gasteiger partial charge in [-0.1, -0.05) is 0 Å². The number of imide groups is 1. The Balaban J connectivity index is 1.91. The van der Waals surface area contributed by atoms with E-state index in [0.717, 1.165) is 17.0 Å². The van der Waals surface area contributed by atoms with Crippen molar-refractivity contribution in [1.82, 2.24) is 4.90 Å². The van der Waals surface area contributed by atoms with Crippen molar-refractivity contribution in [3.05, 3.63) is 39.9 Å². The molecule has 1 aromatic carbocycles. The van der Waals surface area contributed by atoms with Crippen LogP contribution in [0.2, 0.25) is 0 Å². The summed E-state index contributed by atoms with van der Waals surface area (Å²) in [6, 6.07) is 4.73. The monoisotopic (exact) mass is 294 g/mol. The van der Waals surface area contributed by atoms with Crippen molar-refractivity contribution < 1.29 is 28.8 Å². The first-order valence-electron chi connectivity index (χ1n) is 5.88. The lowest BCUT2D eigenvalue weighted by Gasteiger charge is -2.10. The summed E-state index contributed by atoms with van der Waals surface area (Å²) in [5.41, 5.74) is -0.0974. The van der Waals surface area contributed by atoms with E-state index < -0.39 is 29.5 Å². The Morgan fingerprint density at radius 2 is 2.00 bits per heavy atom. The van der Waals surface area contributed by atoms with Gasteiger partial charge in [0.05, 0.1) is 17.0 Å². The van der Waals surface area contributed by atoms with E-state index in [1.54, 1.807) is 0 Å². The van der Waals surface area contributed by atoms with Gasteiger partial charge in [0.2, 0.25) is 0 Å². The van der Waals surface area contributed by atoms with Gasteiger partial charge in [0.1, 0.15) is 6.61 Å². The van der Waals surface area contributed by atoms with Crippen LogP contribution >= 0.6 is 0 Å². The third kappa shape index (κ3) is 3.32. The third-order valence-corrected chi connectivity index (χ3v) is 2.70. The molecule has 0 spiro atoms. The summed E-state index contributed by atoms with van der Waals surface area (Å²) in [4.78, 5) is 45.1.